The van der Waals surface area contributed by atoms with Crippen LogP contribution in [0.2, 0.25) is 0 Å². The predicted molar refractivity (Wildman–Crippen MR) is 72.4 cm³/mol. The zero-order valence-electron chi connectivity index (χ0n) is 9.85. The molecule has 0 aromatic heterocycles. The number of aromatic hydroxyl groups is 1. The number of hydrazone groups is 1. The molecule has 0 spiro atoms. The van der Waals surface area contributed by atoms with Gasteiger partial charge in [-0.05, 0) is 18.2 Å². The molecule has 0 aliphatic carbocycles. The number of para-hydroxylation sites is 3. The highest BCUT2D eigenvalue weighted by Crippen LogP contribution is 2.23. The summed E-state index contributed by atoms with van der Waals surface area (Å²) in [5.41, 5.74) is 3.34. The third kappa shape index (κ3) is 3.06. The number of hydrogen-bond acceptors (Lipinski definition) is 5. The first-order valence-electron chi connectivity index (χ1n) is 5.49. The first-order chi connectivity index (χ1) is 9.18. The maximum atomic E-state index is 10.8. The van der Waals surface area contributed by atoms with Crippen LogP contribution in [-0.4, -0.2) is 16.2 Å². The van der Waals surface area contributed by atoms with Gasteiger partial charge in [-0.2, -0.15) is 5.10 Å². The van der Waals surface area contributed by atoms with Gasteiger partial charge in [-0.3, -0.25) is 15.5 Å². The molecule has 96 valence electrons. The summed E-state index contributed by atoms with van der Waals surface area (Å²) in [6.45, 7) is 0. The van der Waals surface area contributed by atoms with Gasteiger partial charge in [0, 0.05) is 11.6 Å². The molecule has 0 fully saturated rings. The van der Waals surface area contributed by atoms with Gasteiger partial charge in [-0.25, -0.2) is 0 Å². The van der Waals surface area contributed by atoms with E-state index in [2.05, 4.69) is 10.5 Å². The van der Waals surface area contributed by atoms with Gasteiger partial charge in [-0.1, -0.05) is 24.3 Å². The molecular weight excluding hydrogens is 246 g/mol. The van der Waals surface area contributed by atoms with E-state index >= 15 is 0 Å². The number of benzene rings is 2. The van der Waals surface area contributed by atoms with Crippen molar-refractivity contribution in [3.63, 3.8) is 0 Å². The molecule has 2 rings (SSSR count). The van der Waals surface area contributed by atoms with Crippen LogP contribution in [0.15, 0.2) is 53.6 Å². The lowest BCUT2D eigenvalue weighted by molar-refractivity contribution is -0.384. The fourth-order valence-electron chi connectivity index (χ4n) is 1.50. The van der Waals surface area contributed by atoms with E-state index in [1.165, 1.54) is 18.3 Å². The molecule has 0 bridgehead atoms. The van der Waals surface area contributed by atoms with E-state index in [0.717, 1.165) is 0 Å². The lowest BCUT2D eigenvalue weighted by atomic mass is 10.2. The molecule has 0 aliphatic rings. The third-order valence-electron chi connectivity index (χ3n) is 2.43. The number of hydrogen-bond donors (Lipinski definition) is 2. The molecule has 2 N–H and O–H groups in total. The van der Waals surface area contributed by atoms with Crippen molar-refractivity contribution in [2.24, 2.45) is 5.10 Å². The van der Waals surface area contributed by atoms with Gasteiger partial charge in [-0.15, -0.1) is 0 Å². The molecule has 0 radical (unpaired) electrons. The number of phenols is 1. The average molecular weight is 257 g/mol. The van der Waals surface area contributed by atoms with E-state index in [9.17, 15) is 15.2 Å². The number of nitro benzene ring substituents is 1. The fraction of sp³-hybridized carbons (Fsp3) is 0. The van der Waals surface area contributed by atoms with Gasteiger partial charge in [0.05, 0.1) is 11.1 Å². The summed E-state index contributed by atoms with van der Waals surface area (Å²) in [5, 5.41) is 24.2. The number of rotatable bonds is 4. The first-order valence-corrected chi connectivity index (χ1v) is 5.49. The normalized spacial score (nSPS) is 10.5. The smallest absolute Gasteiger partial charge is 0.294 e. The van der Waals surface area contributed by atoms with Gasteiger partial charge in [0.15, 0.2) is 0 Å². The number of nitro groups is 1. The minimum absolute atomic E-state index is 0.0584. The molecule has 0 saturated heterocycles. The second-order valence-corrected chi connectivity index (χ2v) is 3.70. The molecule has 0 saturated carbocycles. The van der Waals surface area contributed by atoms with Crippen LogP contribution in [0.3, 0.4) is 0 Å². The average Bonchev–Trinajstić information content (AvgIpc) is 2.41. The Bertz CT molecular complexity index is 626. The Labute approximate surface area is 109 Å². The molecular formula is C13H11N3O3. The van der Waals surface area contributed by atoms with Crippen molar-refractivity contribution in [3.8, 4) is 5.75 Å². The van der Waals surface area contributed by atoms with E-state index < -0.39 is 4.92 Å². The van der Waals surface area contributed by atoms with E-state index in [0.29, 0.717) is 11.3 Å². The maximum Gasteiger partial charge on any atom is 0.294 e. The summed E-state index contributed by atoms with van der Waals surface area (Å²) in [4.78, 5) is 10.3. The highest BCUT2D eigenvalue weighted by molar-refractivity contribution is 5.84. The minimum atomic E-state index is -0.488. The largest absolute Gasteiger partial charge is 0.507 e. The Balaban J connectivity index is 2.15. The van der Waals surface area contributed by atoms with Crippen LogP contribution < -0.4 is 5.43 Å². The summed E-state index contributed by atoms with van der Waals surface area (Å²) in [6, 6.07) is 12.9. The van der Waals surface area contributed by atoms with Crippen molar-refractivity contribution < 1.29 is 10.0 Å². The van der Waals surface area contributed by atoms with Crippen molar-refractivity contribution in [3.05, 3.63) is 64.2 Å². The SMILES string of the molecule is O=[N+]([O-])c1ccccc1NN=Cc1ccccc1O. The number of phenolic OH excluding ortho intramolecular Hbond substituents is 1. The van der Waals surface area contributed by atoms with Crippen LogP contribution in [0.4, 0.5) is 11.4 Å². The van der Waals surface area contributed by atoms with E-state index in [1.807, 2.05) is 0 Å². The monoisotopic (exact) mass is 257 g/mol. The molecule has 19 heavy (non-hydrogen) atoms. The molecule has 6 heteroatoms. The van der Waals surface area contributed by atoms with Crippen molar-refractivity contribution >= 4 is 17.6 Å². The highest BCUT2D eigenvalue weighted by Gasteiger charge is 2.10. The molecule has 0 aliphatic heterocycles. The molecule has 0 atom stereocenters. The lowest BCUT2D eigenvalue weighted by Crippen LogP contribution is -1.96. The second kappa shape index (κ2) is 5.63. The molecule has 2 aromatic rings. The first kappa shape index (κ1) is 12.6. The molecule has 0 amide bonds. The summed E-state index contributed by atoms with van der Waals surface area (Å²) in [7, 11) is 0. The Morgan fingerprint density at radius 1 is 1.16 bits per heavy atom. The van der Waals surface area contributed by atoms with Gasteiger partial charge in [0.2, 0.25) is 0 Å². The van der Waals surface area contributed by atoms with Crippen molar-refractivity contribution in [1.82, 2.24) is 0 Å². The Kier molecular flexibility index (Phi) is 3.72. The Morgan fingerprint density at radius 3 is 2.58 bits per heavy atom. The highest BCUT2D eigenvalue weighted by atomic mass is 16.6. The maximum absolute atomic E-state index is 10.8. The van der Waals surface area contributed by atoms with Crippen molar-refractivity contribution in [2.45, 2.75) is 0 Å². The van der Waals surface area contributed by atoms with Crippen LogP contribution in [0.1, 0.15) is 5.56 Å². The van der Waals surface area contributed by atoms with Crippen LogP contribution in [0.25, 0.3) is 0 Å². The minimum Gasteiger partial charge on any atom is -0.507 e. The topological polar surface area (TPSA) is 87.8 Å². The van der Waals surface area contributed by atoms with Crippen LogP contribution in [-0.2, 0) is 0 Å². The van der Waals surface area contributed by atoms with Gasteiger partial charge < -0.3 is 5.11 Å². The Hall–Kier alpha value is -2.89. The Morgan fingerprint density at radius 2 is 1.84 bits per heavy atom. The van der Waals surface area contributed by atoms with Crippen LogP contribution >= 0.6 is 0 Å². The summed E-state index contributed by atoms with van der Waals surface area (Å²) in [6.07, 6.45) is 1.39. The second-order valence-electron chi connectivity index (χ2n) is 3.70. The standard InChI is InChI=1S/C13H11N3O3/c17-13-8-4-1-5-10(13)9-14-15-11-6-2-3-7-12(11)16(18)19/h1-9,15,17H. The third-order valence-corrected chi connectivity index (χ3v) is 2.43. The quantitative estimate of drug-likeness (QED) is 0.500. The number of nitrogens with zero attached hydrogens (tertiary/aromatic N) is 2. The fourth-order valence-corrected chi connectivity index (χ4v) is 1.50. The van der Waals surface area contributed by atoms with Crippen molar-refractivity contribution in [1.29, 1.82) is 0 Å². The van der Waals surface area contributed by atoms with Crippen LogP contribution in [0, 0.1) is 10.1 Å². The predicted octanol–water partition coefficient (Wildman–Crippen LogP) is 2.75. The van der Waals surface area contributed by atoms with Gasteiger partial charge in [0.25, 0.3) is 5.69 Å². The van der Waals surface area contributed by atoms with E-state index in [1.54, 1.807) is 36.4 Å². The molecule has 0 heterocycles. The van der Waals surface area contributed by atoms with Gasteiger partial charge >= 0.3 is 0 Å². The molecule has 0 unspecified atom stereocenters. The molecule has 2 aromatic carbocycles. The number of anilines is 1. The van der Waals surface area contributed by atoms with Crippen molar-refractivity contribution in [2.75, 3.05) is 5.43 Å². The van der Waals surface area contributed by atoms with Gasteiger partial charge in [0.1, 0.15) is 11.4 Å². The molecule has 6 nitrogen and oxygen atoms in total. The lowest BCUT2D eigenvalue weighted by Gasteiger charge is -2.01. The number of nitrogens with one attached hydrogen (secondary N) is 1. The summed E-state index contributed by atoms with van der Waals surface area (Å²) >= 11 is 0. The zero-order chi connectivity index (χ0) is 13.7. The van der Waals surface area contributed by atoms with Crippen LogP contribution in [0.5, 0.6) is 5.75 Å². The zero-order valence-corrected chi connectivity index (χ0v) is 9.85. The summed E-state index contributed by atoms with van der Waals surface area (Å²) in [5.74, 6) is 0.0932. The van der Waals surface area contributed by atoms with E-state index in [4.69, 9.17) is 0 Å². The van der Waals surface area contributed by atoms with E-state index in [-0.39, 0.29) is 11.4 Å². The summed E-state index contributed by atoms with van der Waals surface area (Å²) < 4.78 is 0.